The molecule has 0 aromatic heterocycles. The van der Waals surface area contributed by atoms with Crippen LogP contribution in [0.5, 0.6) is 0 Å². The molecule has 0 aliphatic carbocycles. The quantitative estimate of drug-likeness (QED) is 0.125. The summed E-state index contributed by atoms with van der Waals surface area (Å²) in [5.41, 5.74) is 0. The monoisotopic (exact) mass is 516 g/mol. The highest BCUT2D eigenvalue weighted by molar-refractivity contribution is 5.88. The molecule has 9 nitrogen and oxygen atoms in total. The average molecular weight is 517 g/mol. The summed E-state index contributed by atoms with van der Waals surface area (Å²) < 4.78 is 14.6. The number of hydrogen-bond acceptors (Lipinski definition) is 9. The summed E-state index contributed by atoms with van der Waals surface area (Å²) in [6.07, 6.45) is 13.4. The Morgan fingerprint density at radius 3 is 1.36 bits per heavy atom. The zero-order valence-electron chi connectivity index (χ0n) is 22.0. The van der Waals surface area contributed by atoms with E-state index in [-0.39, 0.29) is 6.42 Å². The number of unbranched alkanes of at least 4 members (excludes halogenated alkanes) is 15. The average Bonchev–Trinajstić information content (AvgIpc) is 2.91. The van der Waals surface area contributed by atoms with E-state index < -0.39 is 55.5 Å². The Labute approximate surface area is 215 Å². The van der Waals surface area contributed by atoms with E-state index in [4.69, 9.17) is 14.2 Å². The van der Waals surface area contributed by atoms with Crippen molar-refractivity contribution in [2.24, 2.45) is 0 Å². The number of rotatable bonds is 20. The molecule has 210 valence electrons. The van der Waals surface area contributed by atoms with Crippen molar-refractivity contribution >= 4 is 17.9 Å². The molecule has 0 aromatic carbocycles. The van der Waals surface area contributed by atoms with Crippen molar-refractivity contribution in [3.8, 4) is 0 Å². The van der Waals surface area contributed by atoms with Crippen LogP contribution in [-0.2, 0) is 28.6 Å². The number of aliphatic hydroxyl groups is 3. The third kappa shape index (κ3) is 13.6. The molecule has 4 atom stereocenters. The Hall–Kier alpha value is -1.71. The number of esters is 3. The zero-order chi connectivity index (χ0) is 26.6. The molecule has 1 aliphatic heterocycles. The SMILES string of the molecule is CCCCCCCCCCCCCCCCCCC(O)C1OC(=O)C(CO)OC(=O)C(CO)OC1=O. The molecule has 1 aliphatic rings. The molecule has 0 spiro atoms. The lowest BCUT2D eigenvalue weighted by atomic mass is 10.0. The second kappa shape index (κ2) is 20.4. The summed E-state index contributed by atoms with van der Waals surface area (Å²) in [7, 11) is 0. The van der Waals surface area contributed by atoms with Gasteiger partial charge < -0.3 is 29.5 Å². The van der Waals surface area contributed by atoms with Gasteiger partial charge in [0.15, 0.2) is 0 Å². The maximum absolute atomic E-state index is 12.3. The van der Waals surface area contributed by atoms with Gasteiger partial charge in [0.25, 0.3) is 0 Å². The summed E-state index contributed by atoms with van der Waals surface area (Å²) >= 11 is 0. The van der Waals surface area contributed by atoms with Gasteiger partial charge in [0, 0.05) is 0 Å². The smallest absolute Gasteiger partial charge is 0.351 e. The molecule has 36 heavy (non-hydrogen) atoms. The van der Waals surface area contributed by atoms with Crippen LogP contribution in [0.15, 0.2) is 0 Å². The van der Waals surface area contributed by atoms with Gasteiger partial charge >= 0.3 is 17.9 Å². The molecule has 1 fully saturated rings. The van der Waals surface area contributed by atoms with E-state index in [1.807, 2.05) is 0 Å². The Morgan fingerprint density at radius 1 is 0.583 bits per heavy atom. The van der Waals surface area contributed by atoms with Crippen LogP contribution in [0, 0.1) is 0 Å². The standard InChI is InChI=1S/C27H48O9/c1-2-3-4-5-6-7-8-9-10-11-12-13-14-15-16-17-18-21(30)24-27(33)35-22(19-28)25(31)34-23(20-29)26(32)36-24/h21-24,28-30H,2-20H2,1H3. The normalized spacial score (nSPS) is 21.7. The second-order valence-electron chi connectivity index (χ2n) is 9.73. The predicted octanol–water partition coefficient (Wildman–Crippen LogP) is 3.73. The molecule has 0 amide bonds. The van der Waals surface area contributed by atoms with Crippen molar-refractivity contribution < 1.29 is 43.9 Å². The molecular weight excluding hydrogens is 468 g/mol. The molecule has 4 unspecified atom stereocenters. The van der Waals surface area contributed by atoms with Gasteiger partial charge in [-0.05, 0) is 6.42 Å². The fourth-order valence-electron chi connectivity index (χ4n) is 4.28. The molecule has 0 saturated carbocycles. The fraction of sp³-hybridized carbons (Fsp3) is 0.889. The van der Waals surface area contributed by atoms with Crippen molar-refractivity contribution in [3.05, 3.63) is 0 Å². The van der Waals surface area contributed by atoms with Gasteiger partial charge in [-0.2, -0.15) is 0 Å². The highest BCUT2D eigenvalue weighted by Gasteiger charge is 2.40. The minimum Gasteiger partial charge on any atom is -0.445 e. The molecule has 0 aromatic rings. The number of hydrogen-bond donors (Lipinski definition) is 3. The van der Waals surface area contributed by atoms with Gasteiger partial charge in [-0.25, -0.2) is 14.4 Å². The van der Waals surface area contributed by atoms with Crippen LogP contribution < -0.4 is 0 Å². The molecule has 1 rings (SSSR count). The molecular formula is C27H48O9. The first-order valence-electron chi connectivity index (χ1n) is 14.0. The molecule has 0 bridgehead atoms. The van der Waals surface area contributed by atoms with E-state index in [1.54, 1.807) is 0 Å². The van der Waals surface area contributed by atoms with Crippen LogP contribution in [-0.4, -0.2) is 70.9 Å². The number of cyclic esters (lactones) is 3. The van der Waals surface area contributed by atoms with Crippen LogP contribution in [0.3, 0.4) is 0 Å². The second-order valence-corrected chi connectivity index (χ2v) is 9.73. The summed E-state index contributed by atoms with van der Waals surface area (Å²) in [6.45, 7) is 0.521. The van der Waals surface area contributed by atoms with E-state index in [1.165, 1.54) is 77.0 Å². The number of carbonyl (C=O) groups is 3. The summed E-state index contributed by atoms with van der Waals surface area (Å²) in [4.78, 5) is 36.4. The fourth-order valence-corrected chi connectivity index (χ4v) is 4.28. The highest BCUT2D eigenvalue weighted by atomic mass is 16.7. The van der Waals surface area contributed by atoms with Crippen molar-refractivity contribution in [2.45, 2.75) is 140 Å². The van der Waals surface area contributed by atoms with Crippen LogP contribution in [0.4, 0.5) is 0 Å². The van der Waals surface area contributed by atoms with E-state index in [0.717, 1.165) is 19.3 Å². The van der Waals surface area contributed by atoms with E-state index in [2.05, 4.69) is 6.92 Å². The Morgan fingerprint density at radius 2 is 0.944 bits per heavy atom. The molecule has 1 saturated heterocycles. The Kier molecular flexibility index (Phi) is 18.3. The van der Waals surface area contributed by atoms with Gasteiger partial charge in [0.1, 0.15) is 6.10 Å². The van der Waals surface area contributed by atoms with Crippen molar-refractivity contribution in [1.29, 1.82) is 0 Å². The number of ether oxygens (including phenoxy) is 3. The van der Waals surface area contributed by atoms with Gasteiger partial charge in [-0.15, -0.1) is 0 Å². The van der Waals surface area contributed by atoms with Crippen molar-refractivity contribution in [2.75, 3.05) is 13.2 Å². The predicted molar refractivity (Wildman–Crippen MR) is 134 cm³/mol. The van der Waals surface area contributed by atoms with E-state index in [9.17, 15) is 29.7 Å². The van der Waals surface area contributed by atoms with E-state index in [0.29, 0.717) is 6.42 Å². The van der Waals surface area contributed by atoms with Gasteiger partial charge in [0.2, 0.25) is 18.3 Å². The summed E-state index contributed by atoms with van der Waals surface area (Å²) in [6, 6.07) is 0. The number of aliphatic hydroxyl groups excluding tert-OH is 3. The lowest BCUT2D eigenvalue weighted by molar-refractivity contribution is -0.180. The van der Waals surface area contributed by atoms with Crippen molar-refractivity contribution in [1.82, 2.24) is 0 Å². The van der Waals surface area contributed by atoms with Crippen molar-refractivity contribution in [3.63, 3.8) is 0 Å². The van der Waals surface area contributed by atoms with Crippen LogP contribution in [0.1, 0.15) is 116 Å². The van der Waals surface area contributed by atoms with Crippen LogP contribution >= 0.6 is 0 Å². The lowest BCUT2D eigenvalue weighted by Crippen LogP contribution is -2.42. The molecule has 9 heteroatoms. The minimum atomic E-state index is -1.66. The van der Waals surface area contributed by atoms with Crippen LogP contribution in [0.25, 0.3) is 0 Å². The maximum atomic E-state index is 12.3. The largest absolute Gasteiger partial charge is 0.445 e. The molecule has 3 N–H and O–H groups in total. The first kappa shape index (κ1) is 32.3. The first-order valence-corrected chi connectivity index (χ1v) is 14.0. The summed E-state index contributed by atoms with van der Waals surface area (Å²) in [5, 5.41) is 29.0. The summed E-state index contributed by atoms with van der Waals surface area (Å²) in [5.74, 6) is -3.46. The van der Waals surface area contributed by atoms with E-state index >= 15 is 0 Å². The van der Waals surface area contributed by atoms with Crippen LogP contribution in [0.2, 0.25) is 0 Å². The highest BCUT2D eigenvalue weighted by Crippen LogP contribution is 2.18. The van der Waals surface area contributed by atoms with Gasteiger partial charge in [-0.1, -0.05) is 110 Å². The molecule has 0 radical (unpaired) electrons. The zero-order valence-corrected chi connectivity index (χ0v) is 22.0. The third-order valence-electron chi connectivity index (χ3n) is 6.55. The first-order chi connectivity index (χ1) is 17.4. The topological polar surface area (TPSA) is 140 Å². The van der Waals surface area contributed by atoms with Gasteiger partial charge in [-0.3, -0.25) is 0 Å². The third-order valence-corrected chi connectivity index (χ3v) is 6.55. The minimum absolute atomic E-state index is 0.202. The Balaban J connectivity index is 2.18. The lowest BCUT2D eigenvalue weighted by Gasteiger charge is -2.22. The van der Waals surface area contributed by atoms with Gasteiger partial charge in [0.05, 0.1) is 13.2 Å². The molecule has 1 heterocycles. The number of carbonyl (C=O) groups excluding carboxylic acids is 3. The Bertz CT molecular complexity index is 608. The maximum Gasteiger partial charge on any atom is 0.351 e.